The van der Waals surface area contributed by atoms with Gasteiger partial charge in [0.25, 0.3) is 11.8 Å². The molecule has 0 saturated heterocycles. The van der Waals surface area contributed by atoms with Crippen molar-refractivity contribution in [1.82, 2.24) is 10.3 Å². The number of hydrazone groups is 1. The zero-order valence-corrected chi connectivity index (χ0v) is 17.1. The molecule has 148 valence electrons. The third-order valence-corrected chi connectivity index (χ3v) is 7.03. The van der Waals surface area contributed by atoms with Crippen molar-refractivity contribution in [2.24, 2.45) is 11.0 Å². The summed E-state index contributed by atoms with van der Waals surface area (Å²) in [6.45, 7) is 2.07. The van der Waals surface area contributed by atoms with E-state index in [-0.39, 0.29) is 23.1 Å². The summed E-state index contributed by atoms with van der Waals surface area (Å²) in [6, 6.07) is 7.43. The van der Waals surface area contributed by atoms with Gasteiger partial charge in [0, 0.05) is 30.1 Å². The van der Waals surface area contributed by atoms with Gasteiger partial charge in [-0.3, -0.25) is 14.6 Å². The first-order chi connectivity index (χ1) is 13.6. The lowest BCUT2D eigenvalue weighted by Gasteiger charge is -2.34. The van der Waals surface area contributed by atoms with E-state index in [2.05, 4.69) is 28.6 Å². The van der Waals surface area contributed by atoms with Gasteiger partial charge in [-0.2, -0.15) is 5.10 Å². The average Bonchev–Trinajstić information content (AvgIpc) is 3.29. The Bertz CT molecular complexity index is 827. The van der Waals surface area contributed by atoms with Crippen LogP contribution in [0.2, 0.25) is 0 Å². The van der Waals surface area contributed by atoms with Crippen LogP contribution in [0.25, 0.3) is 0 Å². The first kappa shape index (κ1) is 19.1. The van der Waals surface area contributed by atoms with E-state index >= 15 is 0 Å². The van der Waals surface area contributed by atoms with Crippen molar-refractivity contribution < 1.29 is 9.59 Å². The van der Waals surface area contributed by atoms with Crippen LogP contribution in [0, 0.1) is 5.92 Å². The molecule has 1 aliphatic carbocycles. The van der Waals surface area contributed by atoms with Gasteiger partial charge >= 0.3 is 0 Å². The largest absolute Gasteiger partial charge is 0.355 e. The lowest BCUT2D eigenvalue weighted by Crippen LogP contribution is -2.37. The normalized spacial score (nSPS) is 24.4. The van der Waals surface area contributed by atoms with Crippen LogP contribution in [0.5, 0.6) is 0 Å². The van der Waals surface area contributed by atoms with Crippen LogP contribution in [-0.2, 0) is 4.79 Å². The summed E-state index contributed by atoms with van der Waals surface area (Å²) < 4.78 is 0. The first-order valence-electron chi connectivity index (χ1n) is 9.92. The summed E-state index contributed by atoms with van der Waals surface area (Å²) in [5.41, 5.74) is 2.35. The Morgan fingerprint density at radius 3 is 2.50 bits per heavy atom. The van der Waals surface area contributed by atoms with E-state index in [1.807, 2.05) is 0 Å². The molecular weight excluding hydrogens is 372 g/mol. The monoisotopic (exact) mass is 398 g/mol. The zero-order chi connectivity index (χ0) is 19.7. The number of anilines is 1. The minimum atomic E-state index is -0.141. The zero-order valence-electron chi connectivity index (χ0n) is 16.3. The summed E-state index contributed by atoms with van der Waals surface area (Å²) >= 11 is 1.62. The van der Waals surface area contributed by atoms with E-state index in [0.29, 0.717) is 17.3 Å². The quantitative estimate of drug-likeness (QED) is 0.813. The summed E-state index contributed by atoms with van der Waals surface area (Å²) in [6.07, 6.45) is 8.30. The molecule has 1 fully saturated rings. The molecule has 0 spiro atoms. The highest BCUT2D eigenvalue weighted by molar-refractivity contribution is 8.04. The number of carbonyl (C=O) groups excluding carboxylic acids is 2. The molecule has 2 amide bonds. The molecule has 0 bridgehead atoms. The molecule has 2 atom stereocenters. The average molecular weight is 399 g/mol. The SMILES string of the molecule is CNC(=O)c1ccc(NC(=O)C2=CC3C(C)=NN(C4CCCCC4)C3S2)cc1. The molecule has 28 heavy (non-hydrogen) atoms. The first-order valence-corrected chi connectivity index (χ1v) is 10.8. The Labute approximate surface area is 169 Å². The number of thioether (sulfide) groups is 1. The molecular formula is C21H26N4O2S. The highest BCUT2D eigenvalue weighted by Gasteiger charge is 2.43. The number of hydrogen-bond acceptors (Lipinski definition) is 5. The predicted molar refractivity (Wildman–Crippen MR) is 113 cm³/mol. The maximum Gasteiger partial charge on any atom is 0.261 e. The van der Waals surface area contributed by atoms with Crippen molar-refractivity contribution in [2.45, 2.75) is 50.4 Å². The maximum atomic E-state index is 12.8. The van der Waals surface area contributed by atoms with E-state index in [0.717, 1.165) is 10.6 Å². The molecule has 2 unspecified atom stereocenters. The van der Waals surface area contributed by atoms with Gasteiger partial charge in [-0.05, 0) is 44.0 Å². The topological polar surface area (TPSA) is 73.8 Å². The fraction of sp³-hybridized carbons (Fsp3) is 0.476. The van der Waals surface area contributed by atoms with Crippen LogP contribution in [0.15, 0.2) is 40.3 Å². The van der Waals surface area contributed by atoms with Gasteiger partial charge in [0.05, 0.1) is 10.8 Å². The van der Waals surface area contributed by atoms with Crippen LogP contribution in [-0.4, -0.2) is 41.0 Å². The summed E-state index contributed by atoms with van der Waals surface area (Å²) in [4.78, 5) is 25.2. The van der Waals surface area contributed by atoms with Gasteiger partial charge in [-0.15, -0.1) is 0 Å². The van der Waals surface area contributed by atoms with Crippen LogP contribution < -0.4 is 10.6 Å². The van der Waals surface area contributed by atoms with E-state index in [9.17, 15) is 9.59 Å². The molecule has 6 nitrogen and oxygen atoms in total. The van der Waals surface area contributed by atoms with Gasteiger partial charge < -0.3 is 10.6 Å². The van der Waals surface area contributed by atoms with Crippen LogP contribution in [0.4, 0.5) is 5.69 Å². The van der Waals surface area contributed by atoms with Crippen molar-refractivity contribution in [2.75, 3.05) is 12.4 Å². The second-order valence-electron chi connectivity index (χ2n) is 7.59. The molecule has 1 aromatic rings. The van der Waals surface area contributed by atoms with Gasteiger partial charge in [-0.25, -0.2) is 0 Å². The molecule has 2 heterocycles. The Kier molecular flexibility index (Phi) is 5.44. The van der Waals surface area contributed by atoms with Crippen LogP contribution in [0.3, 0.4) is 0 Å². The predicted octanol–water partition coefficient (Wildman–Crippen LogP) is 3.58. The van der Waals surface area contributed by atoms with E-state index in [4.69, 9.17) is 5.10 Å². The third-order valence-electron chi connectivity index (χ3n) is 5.71. The van der Waals surface area contributed by atoms with E-state index in [1.54, 1.807) is 43.1 Å². The van der Waals surface area contributed by atoms with Gasteiger partial charge in [0.2, 0.25) is 0 Å². The van der Waals surface area contributed by atoms with Crippen molar-refractivity contribution in [3.63, 3.8) is 0 Å². The van der Waals surface area contributed by atoms with Gasteiger partial charge in [-0.1, -0.05) is 37.1 Å². The smallest absolute Gasteiger partial charge is 0.261 e. The summed E-state index contributed by atoms with van der Waals surface area (Å²) in [5.74, 6) is -0.0240. The lowest BCUT2D eigenvalue weighted by atomic mass is 9.94. The number of fused-ring (bicyclic) bond motifs is 1. The number of carbonyl (C=O) groups is 2. The molecule has 2 aliphatic heterocycles. The van der Waals surface area contributed by atoms with Crippen molar-refractivity contribution in [3.8, 4) is 0 Å². The molecule has 1 saturated carbocycles. The second kappa shape index (κ2) is 7.99. The van der Waals surface area contributed by atoms with Crippen molar-refractivity contribution in [1.29, 1.82) is 0 Å². The third kappa shape index (κ3) is 3.68. The van der Waals surface area contributed by atoms with E-state index in [1.165, 1.54) is 32.1 Å². The molecule has 2 N–H and O–H groups in total. The molecule has 0 radical (unpaired) electrons. The summed E-state index contributed by atoms with van der Waals surface area (Å²) in [5, 5.41) is 12.8. The molecule has 4 rings (SSSR count). The minimum absolute atomic E-state index is 0.0940. The number of nitrogens with zero attached hydrogens (tertiary/aromatic N) is 2. The Balaban J connectivity index is 1.42. The maximum absolute atomic E-state index is 12.8. The highest BCUT2D eigenvalue weighted by atomic mass is 32.2. The van der Waals surface area contributed by atoms with Gasteiger partial charge in [0.1, 0.15) is 5.37 Å². The number of benzene rings is 1. The molecule has 7 heteroatoms. The van der Waals surface area contributed by atoms with Gasteiger partial charge in [0.15, 0.2) is 0 Å². The van der Waals surface area contributed by atoms with E-state index < -0.39 is 0 Å². The van der Waals surface area contributed by atoms with Crippen molar-refractivity contribution in [3.05, 3.63) is 40.8 Å². The lowest BCUT2D eigenvalue weighted by molar-refractivity contribution is -0.112. The minimum Gasteiger partial charge on any atom is -0.355 e. The number of hydrogen-bond donors (Lipinski definition) is 2. The fourth-order valence-corrected chi connectivity index (χ4v) is 5.54. The van der Waals surface area contributed by atoms with Crippen molar-refractivity contribution >= 4 is 35.0 Å². The van der Waals surface area contributed by atoms with Crippen LogP contribution >= 0.6 is 11.8 Å². The molecule has 0 aromatic heterocycles. The number of nitrogens with one attached hydrogen (secondary N) is 2. The highest BCUT2D eigenvalue weighted by Crippen LogP contribution is 2.45. The fourth-order valence-electron chi connectivity index (χ4n) is 4.15. The standard InChI is InChI=1S/C21H26N4O2S/c1-13-17-12-18(28-21(17)25(24-13)16-6-4-3-5-7-16)20(27)23-15-10-8-14(9-11-15)19(26)22-2/h8-12,16-17,21H,3-7H2,1-2H3,(H,22,26)(H,23,27). The summed E-state index contributed by atoms with van der Waals surface area (Å²) in [7, 11) is 1.60. The Morgan fingerprint density at radius 1 is 1.11 bits per heavy atom. The van der Waals surface area contributed by atoms with Crippen LogP contribution in [0.1, 0.15) is 49.4 Å². The molecule has 3 aliphatic rings. The number of rotatable bonds is 4. The molecule has 1 aromatic carbocycles. The number of amides is 2. The Morgan fingerprint density at radius 2 is 1.82 bits per heavy atom. The Hall–Kier alpha value is -2.28. The second-order valence-corrected chi connectivity index (χ2v) is 8.75.